The van der Waals surface area contributed by atoms with Crippen molar-refractivity contribution in [2.24, 2.45) is 0 Å². The van der Waals surface area contributed by atoms with Crippen LogP contribution in [0.25, 0.3) is 0 Å². The lowest BCUT2D eigenvalue weighted by Gasteiger charge is -2.27. The molecule has 0 fully saturated rings. The van der Waals surface area contributed by atoms with Crippen LogP contribution in [0.15, 0.2) is 64.2 Å². The van der Waals surface area contributed by atoms with Crippen LogP contribution in [-0.4, -0.2) is 42.2 Å². The Hall–Kier alpha value is -4.52. The molecule has 0 atom stereocenters. The third-order valence-corrected chi connectivity index (χ3v) is 5.36. The van der Waals surface area contributed by atoms with Crippen molar-refractivity contribution in [3.05, 3.63) is 81.0 Å². The van der Waals surface area contributed by atoms with Gasteiger partial charge in [-0.2, -0.15) is 5.26 Å². The zero-order chi connectivity index (χ0) is 25.4. The number of anilines is 3. The first-order valence-electron chi connectivity index (χ1n) is 11.1. The summed E-state index contributed by atoms with van der Waals surface area (Å²) in [5, 5.41) is 9.06. The third kappa shape index (κ3) is 6.09. The Bertz CT molecular complexity index is 1310. The van der Waals surface area contributed by atoms with Gasteiger partial charge < -0.3 is 20.3 Å². The highest BCUT2D eigenvalue weighted by molar-refractivity contribution is 5.96. The van der Waals surface area contributed by atoms with Gasteiger partial charge in [0, 0.05) is 19.3 Å². The predicted octanol–water partition coefficient (Wildman–Crippen LogP) is 1.95. The summed E-state index contributed by atoms with van der Waals surface area (Å²) in [7, 11) is 1.55. The zero-order valence-electron chi connectivity index (χ0n) is 19.7. The van der Waals surface area contributed by atoms with Crippen LogP contribution in [0, 0.1) is 11.3 Å². The molecule has 0 aliphatic carbocycles. The Balaban J connectivity index is 1.87. The van der Waals surface area contributed by atoms with Gasteiger partial charge in [0.15, 0.2) is 0 Å². The Morgan fingerprint density at radius 1 is 1.14 bits per heavy atom. The lowest BCUT2D eigenvalue weighted by Crippen LogP contribution is -2.43. The summed E-state index contributed by atoms with van der Waals surface area (Å²) in [6.45, 7) is 2.54. The molecule has 10 heteroatoms. The SMILES string of the molecule is CCOc1ccc(N(CCC#N)C(=O)CN(C)c2c(N)n(Cc3ccccc3)c(=O)[nH]c2=O)cc1. The zero-order valence-corrected chi connectivity index (χ0v) is 19.7. The van der Waals surface area contributed by atoms with Gasteiger partial charge in [-0.3, -0.25) is 19.1 Å². The fourth-order valence-corrected chi connectivity index (χ4v) is 3.69. The van der Waals surface area contributed by atoms with E-state index in [4.69, 9.17) is 15.7 Å². The summed E-state index contributed by atoms with van der Waals surface area (Å²) in [6.07, 6.45) is 0.132. The number of hydrogen-bond donors (Lipinski definition) is 2. The van der Waals surface area contributed by atoms with Crippen LogP contribution in [0.4, 0.5) is 17.2 Å². The average Bonchev–Trinajstić information content (AvgIpc) is 2.83. The lowest BCUT2D eigenvalue weighted by molar-refractivity contribution is -0.117. The average molecular weight is 477 g/mol. The standard InChI is InChI=1S/C25H28N6O4/c1-3-35-20-12-10-19(11-13-20)30(15-7-14-26)21(32)17-29(2)22-23(27)31(25(34)28-24(22)33)16-18-8-5-4-6-9-18/h4-6,8-13H,3,7,15-17,27H2,1-2H3,(H,28,33,34). The minimum atomic E-state index is -0.684. The van der Waals surface area contributed by atoms with Crippen molar-refractivity contribution in [1.82, 2.24) is 9.55 Å². The molecule has 0 saturated heterocycles. The molecule has 0 radical (unpaired) electrons. The van der Waals surface area contributed by atoms with Gasteiger partial charge in [-0.05, 0) is 36.8 Å². The maximum Gasteiger partial charge on any atom is 0.330 e. The van der Waals surface area contributed by atoms with E-state index in [1.165, 1.54) is 14.4 Å². The van der Waals surface area contributed by atoms with Gasteiger partial charge in [-0.15, -0.1) is 0 Å². The van der Waals surface area contributed by atoms with E-state index in [9.17, 15) is 14.4 Å². The second kappa shape index (κ2) is 11.6. The van der Waals surface area contributed by atoms with Gasteiger partial charge in [0.1, 0.15) is 17.3 Å². The van der Waals surface area contributed by atoms with Crippen LogP contribution in [-0.2, 0) is 11.3 Å². The number of hydrogen-bond acceptors (Lipinski definition) is 7. The van der Waals surface area contributed by atoms with Gasteiger partial charge in [0.2, 0.25) is 5.91 Å². The summed E-state index contributed by atoms with van der Waals surface area (Å²) in [4.78, 5) is 43.5. The van der Waals surface area contributed by atoms with E-state index in [2.05, 4.69) is 4.98 Å². The number of carbonyl (C=O) groups excluding carboxylic acids is 1. The number of benzene rings is 2. The molecule has 0 spiro atoms. The van der Waals surface area contributed by atoms with Gasteiger partial charge in [-0.25, -0.2) is 4.79 Å². The fourth-order valence-electron chi connectivity index (χ4n) is 3.69. The van der Waals surface area contributed by atoms with E-state index < -0.39 is 11.2 Å². The molecule has 1 amide bonds. The Labute approximate surface area is 202 Å². The maximum atomic E-state index is 13.2. The quantitative estimate of drug-likeness (QED) is 0.456. The van der Waals surface area contributed by atoms with E-state index in [0.717, 1.165) is 5.56 Å². The number of likely N-dealkylation sites (N-methyl/N-ethyl adjacent to an activating group) is 1. The summed E-state index contributed by atoms with van der Waals surface area (Å²) < 4.78 is 6.71. The van der Waals surface area contributed by atoms with Crippen molar-refractivity contribution in [2.45, 2.75) is 19.9 Å². The highest BCUT2D eigenvalue weighted by Crippen LogP contribution is 2.21. The summed E-state index contributed by atoms with van der Waals surface area (Å²) in [6, 6.07) is 18.2. The van der Waals surface area contributed by atoms with Gasteiger partial charge in [0.05, 0.1) is 32.2 Å². The molecule has 1 aromatic heterocycles. The molecule has 1 heterocycles. The second-order valence-corrected chi connectivity index (χ2v) is 7.80. The van der Waals surface area contributed by atoms with E-state index in [1.54, 1.807) is 31.3 Å². The first-order chi connectivity index (χ1) is 16.8. The molecular formula is C25H28N6O4. The number of aromatic nitrogens is 2. The number of nitrogens with one attached hydrogen (secondary N) is 1. The van der Waals surface area contributed by atoms with Crippen LogP contribution >= 0.6 is 0 Å². The normalized spacial score (nSPS) is 10.4. The van der Waals surface area contributed by atoms with E-state index in [0.29, 0.717) is 18.0 Å². The predicted molar refractivity (Wildman–Crippen MR) is 135 cm³/mol. The van der Waals surface area contributed by atoms with E-state index >= 15 is 0 Å². The number of carbonyl (C=O) groups is 1. The topological polar surface area (TPSA) is 137 Å². The largest absolute Gasteiger partial charge is 0.494 e. The van der Waals surface area contributed by atoms with Crippen LogP contribution in [0.1, 0.15) is 18.9 Å². The number of ether oxygens (including phenoxy) is 1. The number of nitriles is 1. The number of nitrogen functional groups attached to an aromatic ring is 1. The summed E-state index contributed by atoms with van der Waals surface area (Å²) in [5.74, 6) is 0.287. The van der Waals surface area contributed by atoms with Crippen molar-refractivity contribution in [3.8, 4) is 11.8 Å². The lowest BCUT2D eigenvalue weighted by atomic mass is 10.2. The highest BCUT2D eigenvalue weighted by atomic mass is 16.5. The number of amides is 1. The Kier molecular flexibility index (Phi) is 8.29. The van der Waals surface area contributed by atoms with Gasteiger partial charge in [0.25, 0.3) is 5.56 Å². The van der Waals surface area contributed by atoms with Crippen molar-refractivity contribution < 1.29 is 9.53 Å². The minimum Gasteiger partial charge on any atom is -0.494 e. The molecule has 0 aliphatic rings. The first kappa shape index (κ1) is 25.1. The van der Waals surface area contributed by atoms with Crippen LogP contribution < -0.4 is 31.5 Å². The first-order valence-corrected chi connectivity index (χ1v) is 11.1. The van der Waals surface area contributed by atoms with E-state index in [1.807, 2.05) is 43.3 Å². The number of nitrogens with zero attached hydrogens (tertiary/aromatic N) is 4. The number of aromatic amines is 1. The molecule has 0 aliphatic heterocycles. The molecular weight excluding hydrogens is 448 g/mol. The summed E-state index contributed by atoms with van der Waals surface area (Å²) in [5.41, 5.74) is 6.36. The smallest absolute Gasteiger partial charge is 0.330 e. The Morgan fingerprint density at radius 2 is 1.83 bits per heavy atom. The second-order valence-electron chi connectivity index (χ2n) is 7.80. The third-order valence-electron chi connectivity index (χ3n) is 5.36. The molecule has 3 N–H and O–H groups in total. The molecule has 0 unspecified atom stereocenters. The number of rotatable bonds is 10. The van der Waals surface area contributed by atoms with Crippen LogP contribution in [0.3, 0.4) is 0 Å². The van der Waals surface area contributed by atoms with Crippen molar-refractivity contribution in [2.75, 3.05) is 42.3 Å². The van der Waals surface area contributed by atoms with Crippen LogP contribution in [0.5, 0.6) is 5.75 Å². The maximum absolute atomic E-state index is 13.2. The van der Waals surface area contributed by atoms with Crippen molar-refractivity contribution in [1.29, 1.82) is 5.26 Å². The molecule has 10 nitrogen and oxygen atoms in total. The molecule has 3 rings (SSSR count). The molecule has 0 bridgehead atoms. The minimum absolute atomic E-state index is 0.0146. The fraction of sp³-hybridized carbons (Fsp3) is 0.280. The number of nitrogens with two attached hydrogens (primary N) is 1. The molecule has 182 valence electrons. The Morgan fingerprint density at radius 3 is 2.46 bits per heavy atom. The molecule has 35 heavy (non-hydrogen) atoms. The van der Waals surface area contributed by atoms with Crippen LogP contribution in [0.2, 0.25) is 0 Å². The summed E-state index contributed by atoms with van der Waals surface area (Å²) >= 11 is 0. The van der Waals surface area contributed by atoms with Crippen molar-refractivity contribution in [3.63, 3.8) is 0 Å². The molecule has 0 saturated carbocycles. The van der Waals surface area contributed by atoms with Crippen molar-refractivity contribution >= 4 is 23.1 Å². The van der Waals surface area contributed by atoms with Gasteiger partial charge in [-0.1, -0.05) is 30.3 Å². The van der Waals surface area contributed by atoms with E-state index in [-0.39, 0.29) is 43.5 Å². The molecule has 3 aromatic rings. The number of H-pyrrole nitrogens is 1. The van der Waals surface area contributed by atoms with Gasteiger partial charge >= 0.3 is 5.69 Å². The highest BCUT2D eigenvalue weighted by Gasteiger charge is 2.22. The molecule has 2 aromatic carbocycles. The monoisotopic (exact) mass is 476 g/mol.